The van der Waals surface area contributed by atoms with Crippen LogP contribution in [-0.2, 0) is 31.9 Å². The van der Waals surface area contributed by atoms with Gasteiger partial charge in [-0.25, -0.2) is 9.59 Å². The largest absolute Gasteiger partial charge is 0.489 e. The van der Waals surface area contributed by atoms with Gasteiger partial charge in [0.2, 0.25) is 0 Å². The van der Waals surface area contributed by atoms with E-state index >= 15 is 0 Å². The predicted molar refractivity (Wildman–Crippen MR) is 160 cm³/mol. The van der Waals surface area contributed by atoms with Crippen LogP contribution >= 0.6 is 0 Å². The summed E-state index contributed by atoms with van der Waals surface area (Å²) < 4.78 is 24.2. The molecule has 2 aromatic carbocycles. The average Bonchev–Trinajstić information content (AvgIpc) is 2.98. The summed E-state index contributed by atoms with van der Waals surface area (Å²) in [6, 6.07) is 8.04. The lowest BCUT2D eigenvalue weighted by Crippen LogP contribution is -2.26. The van der Waals surface area contributed by atoms with E-state index in [9.17, 15) is 9.59 Å². The van der Waals surface area contributed by atoms with Gasteiger partial charge < -0.3 is 18.9 Å². The number of rotatable bonds is 18. The highest BCUT2D eigenvalue weighted by atomic mass is 16.6. The molecule has 2 atom stereocenters. The number of carbonyl (C=O) groups excluding carboxylic acids is 2. The zero-order chi connectivity index (χ0) is 28.7. The van der Waals surface area contributed by atoms with E-state index in [0.717, 1.165) is 84.8 Å². The Morgan fingerprint density at radius 1 is 0.750 bits per heavy atom. The van der Waals surface area contributed by atoms with E-state index in [4.69, 9.17) is 18.9 Å². The lowest BCUT2D eigenvalue weighted by Gasteiger charge is -2.26. The summed E-state index contributed by atoms with van der Waals surface area (Å²) in [6.07, 6.45) is 15.1. The van der Waals surface area contributed by atoms with E-state index in [1.54, 1.807) is 0 Å². The fraction of sp³-hybridized carbons (Fsp3) is 0.471. The fourth-order valence-corrected chi connectivity index (χ4v) is 5.02. The molecule has 1 aliphatic rings. The minimum absolute atomic E-state index is 0.265. The number of hydrogen-bond acceptors (Lipinski definition) is 6. The number of hydrogen-bond donors (Lipinski definition) is 0. The van der Waals surface area contributed by atoms with Crippen LogP contribution in [0.15, 0.2) is 61.7 Å². The van der Waals surface area contributed by atoms with Crippen molar-refractivity contribution in [3.8, 4) is 11.5 Å². The Hall–Kier alpha value is -3.54. The molecule has 0 spiro atoms. The van der Waals surface area contributed by atoms with E-state index in [2.05, 4.69) is 39.2 Å². The van der Waals surface area contributed by atoms with E-state index < -0.39 is 11.9 Å². The molecule has 40 heavy (non-hydrogen) atoms. The van der Waals surface area contributed by atoms with Gasteiger partial charge in [-0.15, -0.1) is 0 Å². The van der Waals surface area contributed by atoms with E-state index in [1.165, 1.54) is 12.2 Å². The summed E-state index contributed by atoms with van der Waals surface area (Å²) in [6.45, 7) is 11.9. The van der Waals surface area contributed by atoms with Crippen LogP contribution in [0.1, 0.15) is 76.3 Å². The molecule has 1 aliphatic carbocycles. The molecule has 3 rings (SSSR count). The summed E-state index contributed by atoms with van der Waals surface area (Å²) in [5, 5.41) is 1.89. The van der Waals surface area contributed by atoms with Crippen molar-refractivity contribution < 1.29 is 28.5 Å². The van der Waals surface area contributed by atoms with Crippen molar-refractivity contribution in [3.63, 3.8) is 0 Å². The van der Waals surface area contributed by atoms with Gasteiger partial charge in [-0.2, -0.15) is 0 Å². The maximum absolute atomic E-state index is 12.0. The molecule has 0 aliphatic heterocycles. The first kappa shape index (κ1) is 31.0. The molecular formula is C34H44O6. The van der Waals surface area contributed by atoms with Crippen molar-refractivity contribution in [2.24, 2.45) is 0 Å². The van der Waals surface area contributed by atoms with Crippen LogP contribution in [0.25, 0.3) is 10.8 Å². The minimum Gasteiger partial charge on any atom is -0.489 e. The third-order valence-electron chi connectivity index (χ3n) is 7.12. The average molecular weight is 549 g/mol. The van der Waals surface area contributed by atoms with Gasteiger partial charge in [0.15, 0.2) is 0 Å². The maximum Gasteiger partial charge on any atom is 0.330 e. The quantitative estimate of drug-likeness (QED) is 0.0826. The van der Waals surface area contributed by atoms with Crippen LogP contribution in [0, 0.1) is 0 Å². The van der Waals surface area contributed by atoms with Crippen molar-refractivity contribution in [1.29, 1.82) is 0 Å². The second-order valence-corrected chi connectivity index (χ2v) is 10.2. The first-order valence-corrected chi connectivity index (χ1v) is 14.6. The number of carbonyl (C=O) groups is 2. The predicted octanol–water partition coefficient (Wildman–Crippen LogP) is 7.61. The summed E-state index contributed by atoms with van der Waals surface area (Å²) in [5.74, 6) is 0.730. The normalized spacial score (nSPS) is 13.7. The van der Waals surface area contributed by atoms with Gasteiger partial charge in [0.05, 0.1) is 0 Å². The summed E-state index contributed by atoms with van der Waals surface area (Å²) in [7, 11) is 0. The first-order valence-electron chi connectivity index (χ1n) is 14.6. The summed E-state index contributed by atoms with van der Waals surface area (Å²) in [4.78, 5) is 24.0. The molecule has 0 heterocycles. The number of allylic oxidation sites excluding steroid dienone is 2. The smallest absolute Gasteiger partial charge is 0.330 e. The highest BCUT2D eigenvalue weighted by Gasteiger charge is 2.25. The Morgan fingerprint density at radius 3 is 1.55 bits per heavy atom. The Bertz CT molecular complexity index is 1090. The van der Waals surface area contributed by atoms with Crippen LogP contribution in [0.2, 0.25) is 0 Å². The van der Waals surface area contributed by atoms with Crippen LogP contribution in [-0.4, -0.2) is 37.4 Å². The molecule has 0 amide bonds. The highest BCUT2D eigenvalue weighted by molar-refractivity contribution is 5.96. The van der Waals surface area contributed by atoms with Gasteiger partial charge in [-0.1, -0.05) is 89.1 Å². The molecule has 6 heteroatoms. The van der Waals surface area contributed by atoms with Crippen molar-refractivity contribution >= 4 is 22.7 Å². The van der Waals surface area contributed by atoms with Gasteiger partial charge in [-0.3, -0.25) is 0 Å². The number of ether oxygens (including phenoxy) is 4. The summed E-state index contributed by atoms with van der Waals surface area (Å²) in [5.41, 5.74) is 2.15. The number of unbranched alkanes of at least 4 members (excludes halogenated alkanes) is 4. The lowest BCUT2D eigenvalue weighted by molar-refractivity contribution is -0.145. The molecule has 0 fully saturated rings. The Labute approximate surface area is 239 Å². The SMILES string of the molecule is C=CC(=O)OC(CCCCC)COc1c2c(c(OCC(CCCCC)OC(=O)C=C)c3ccccc13)CC=CC2. The number of esters is 2. The van der Waals surface area contributed by atoms with Crippen LogP contribution in [0.5, 0.6) is 11.5 Å². The molecular weight excluding hydrogens is 504 g/mol. The number of benzene rings is 2. The molecule has 216 valence electrons. The van der Waals surface area contributed by atoms with Crippen molar-refractivity contribution in [2.75, 3.05) is 13.2 Å². The van der Waals surface area contributed by atoms with E-state index in [-0.39, 0.29) is 25.4 Å². The molecule has 2 aromatic rings. The molecule has 2 unspecified atom stereocenters. The highest BCUT2D eigenvalue weighted by Crippen LogP contribution is 2.43. The standard InChI is InChI=1S/C34H44O6/c1-5-9-11-17-25(39-31(35)7-3)23-37-33-27-19-13-15-21-29(27)34(30-22-16-14-20-28(30)33)38-24-26(18-12-10-6-2)40-32(36)8-4/h7-8,13-16,19,21,25-26H,3-6,9-12,17-18,20,22-24H2,1-2H3. The minimum atomic E-state index is -0.436. The van der Waals surface area contributed by atoms with E-state index in [0.29, 0.717) is 12.8 Å². The third-order valence-corrected chi connectivity index (χ3v) is 7.12. The Kier molecular flexibility index (Phi) is 12.8. The van der Waals surface area contributed by atoms with Gasteiger partial charge in [0.1, 0.15) is 36.9 Å². The van der Waals surface area contributed by atoms with E-state index in [1.807, 2.05) is 24.3 Å². The molecule has 6 nitrogen and oxygen atoms in total. The van der Waals surface area contributed by atoms with Crippen molar-refractivity contribution in [2.45, 2.75) is 90.3 Å². The van der Waals surface area contributed by atoms with Crippen LogP contribution in [0.4, 0.5) is 0 Å². The van der Waals surface area contributed by atoms with Gasteiger partial charge >= 0.3 is 11.9 Å². The van der Waals surface area contributed by atoms with Gasteiger partial charge in [-0.05, 0) is 38.5 Å². The Morgan fingerprint density at radius 2 is 1.18 bits per heavy atom. The zero-order valence-electron chi connectivity index (χ0n) is 24.1. The molecule has 0 aromatic heterocycles. The lowest BCUT2D eigenvalue weighted by atomic mass is 9.90. The first-order chi connectivity index (χ1) is 19.5. The van der Waals surface area contributed by atoms with Crippen LogP contribution < -0.4 is 9.47 Å². The molecule has 0 N–H and O–H groups in total. The third kappa shape index (κ3) is 8.73. The van der Waals surface area contributed by atoms with Gasteiger partial charge in [0.25, 0.3) is 0 Å². The second-order valence-electron chi connectivity index (χ2n) is 10.2. The Balaban J connectivity index is 1.91. The molecule has 0 radical (unpaired) electrons. The van der Waals surface area contributed by atoms with Gasteiger partial charge in [0, 0.05) is 34.1 Å². The molecule has 0 bridgehead atoms. The van der Waals surface area contributed by atoms with Crippen LogP contribution in [0.3, 0.4) is 0 Å². The zero-order valence-corrected chi connectivity index (χ0v) is 24.1. The van der Waals surface area contributed by atoms with Crippen molar-refractivity contribution in [3.05, 3.63) is 72.9 Å². The fourth-order valence-electron chi connectivity index (χ4n) is 5.02. The molecule has 0 saturated heterocycles. The summed E-state index contributed by atoms with van der Waals surface area (Å²) >= 11 is 0. The topological polar surface area (TPSA) is 71.1 Å². The van der Waals surface area contributed by atoms with Crippen molar-refractivity contribution in [1.82, 2.24) is 0 Å². The maximum atomic E-state index is 12.0. The second kappa shape index (κ2) is 16.5. The number of fused-ring (bicyclic) bond motifs is 2. The molecule has 0 saturated carbocycles. The monoisotopic (exact) mass is 548 g/mol.